The fourth-order valence-electron chi connectivity index (χ4n) is 10.6. The number of allylic oxidation sites excluding steroid dienone is 3. The van der Waals surface area contributed by atoms with Gasteiger partial charge < -0.3 is 45.1 Å². The molecule has 77 heavy (non-hydrogen) atoms. The molecule has 8 unspecified atom stereocenters. The Balaban J connectivity index is 2.61. The van der Waals surface area contributed by atoms with Crippen LogP contribution in [0.2, 0.25) is 0 Å². The van der Waals surface area contributed by atoms with Crippen LogP contribution in [0.5, 0.6) is 0 Å². The number of amides is 1. The van der Waals surface area contributed by atoms with Crippen LogP contribution in [0.25, 0.3) is 0 Å². The van der Waals surface area contributed by atoms with Gasteiger partial charge in [-0.2, -0.15) is 0 Å². The predicted octanol–water partition coefficient (Wildman–Crippen LogP) is 16.1. The second-order valence-electron chi connectivity index (χ2n) is 23.2. The van der Waals surface area contributed by atoms with Gasteiger partial charge in [-0.1, -0.05) is 289 Å². The van der Waals surface area contributed by atoms with E-state index in [4.69, 9.17) is 14.2 Å². The summed E-state index contributed by atoms with van der Waals surface area (Å²) in [5.74, 6) is -1.18. The molecule has 11 nitrogen and oxygen atoms in total. The Bertz CT molecular complexity index is 1350. The molecule has 1 amide bonds. The van der Waals surface area contributed by atoms with Crippen LogP contribution in [0.1, 0.15) is 323 Å². The number of esters is 1. The number of carbonyl (C=O) groups is 2. The molecule has 1 rings (SSSR count). The molecule has 0 bridgehead atoms. The van der Waals surface area contributed by atoms with Gasteiger partial charge in [-0.05, 0) is 51.4 Å². The number of carbonyl (C=O) groups excluding carboxylic acids is 2. The standard InChI is InChI=1S/C66H125NO10/c1-4-7-10-13-16-19-22-24-26-28-29-30-32-33-35-38-41-44-47-50-53-59(70)65(74)67-57(58(69)52-49-46-43-40-37-21-18-15-12-9-6-3)56-75-66-64(63(73)62(72)60(55-68)76-66)77-61(71)54-51-48-45-42-39-36-34-31-27-25-23-20-17-14-11-8-5-2/h24,26,49,52,57-60,62-64,66,68-70,72-73H,4-23,25,27-48,50-51,53-56H2,1-3H3,(H,67,74)/b26-24+,52-49+. The fraction of sp³-hybridized carbons (Fsp3) is 0.909. The summed E-state index contributed by atoms with van der Waals surface area (Å²) >= 11 is 0. The fourth-order valence-corrected chi connectivity index (χ4v) is 10.6. The lowest BCUT2D eigenvalue weighted by molar-refractivity contribution is -0.305. The molecule has 8 atom stereocenters. The van der Waals surface area contributed by atoms with Crippen molar-refractivity contribution in [3.63, 3.8) is 0 Å². The average molecular weight is 1090 g/mol. The van der Waals surface area contributed by atoms with Gasteiger partial charge in [-0.15, -0.1) is 0 Å². The Hall–Kier alpha value is -1.86. The highest BCUT2D eigenvalue weighted by Crippen LogP contribution is 2.26. The highest BCUT2D eigenvalue weighted by Gasteiger charge is 2.47. The van der Waals surface area contributed by atoms with Crippen molar-refractivity contribution in [3.8, 4) is 0 Å². The number of rotatable bonds is 57. The van der Waals surface area contributed by atoms with Crippen LogP contribution in [-0.4, -0.2) is 99.6 Å². The molecule has 1 fully saturated rings. The van der Waals surface area contributed by atoms with E-state index in [1.807, 2.05) is 6.08 Å². The van der Waals surface area contributed by atoms with Crippen molar-refractivity contribution >= 4 is 11.9 Å². The lowest BCUT2D eigenvalue weighted by Gasteiger charge is -2.41. The predicted molar refractivity (Wildman–Crippen MR) is 320 cm³/mol. The van der Waals surface area contributed by atoms with Gasteiger partial charge in [0.05, 0.1) is 25.4 Å². The molecular weight excluding hydrogens is 967 g/mol. The van der Waals surface area contributed by atoms with E-state index in [0.29, 0.717) is 19.3 Å². The van der Waals surface area contributed by atoms with E-state index in [2.05, 4.69) is 38.2 Å². The normalized spacial score (nSPS) is 19.1. The van der Waals surface area contributed by atoms with Crippen molar-refractivity contribution in [1.82, 2.24) is 5.32 Å². The largest absolute Gasteiger partial charge is 0.454 e. The number of aliphatic hydroxyl groups is 5. The van der Waals surface area contributed by atoms with Crippen LogP contribution in [0.15, 0.2) is 24.3 Å². The van der Waals surface area contributed by atoms with Crippen molar-refractivity contribution in [2.75, 3.05) is 13.2 Å². The number of ether oxygens (including phenoxy) is 3. The minimum Gasteiger partial charge on any atom is -0.454 e. The summed E-state index contributed by atoms with van der Waals surface area (Å²) in [6.07, 6.45) is 53.6. The summed E-state index contributed by atoms with van der Waals surface area (Å²) in [6.45, 7) is 5.82. The smallest absolute Gasteiger partial charge is 0.306 e. The third kappa shape index (κ3) is 42.6. The molecular formula is C66H125NO10. The van der Waals surface area contributed by atoms with E-state index in [9.17, 15) is 35.1 Å². The summed E-state index contributed by atoms with van der Waals surface area (Å²) in [5, 5.41) is 57.0. The quantitative estimate of drug-likeness (QED) is 0.0195. The molecule has 0 aliphatic carbocycles. The molecule has 0 radical (unpaired) electrons. The maximum absolute atomic E-state index is 13.4. The van der Waals surface area contributed by atoms with Crippen LogP contribution in [0, 0.1) is 0 Å². The van der Waals surface area contributed by atoms with Crippen LogP contribution in [0.4, 0.5) is 0 Å². The Morgan fingerprint density at radius 2 is 0.857 bits per heavy atom. The second-order valence-corrected chi connectivity index (χ2v) is 23.2. The van der Waals surface area contributed by atoms with Crippen molar-refractivity contribution in [2.24, 2.45) is 0 Å². The molecule has 454 valence electrons. The van der Waals surface area contributed by atoms with E-state index < -0.39 is 67.4 Å². The molecule has 0 aromatic carbocycles. The summed E-state index contributed by atoms with van der Waals surface area (Å²) in [7, 11) is 0. The highest BCUT2D eigenvalue weighted by molar-refractivity contribution is 5.80. The molecule has 11 heteroatoms. The first kappa shape index (κ1) is 73.2. The molecule has 1 aliphatic heterocycles. The third-order valence-corrected chi connectivity index (χ3v) is 15.9. The summed E-state index contributed by atoms with van der Waals surface area (Å²) in [5.41, 5.74) is 0. The van der Waals surface area contributed by atoms with E-state index in [1.54, 1.807) is 6.08 Å². The maximum atomic E-state index is 13.4. The van der Waals surface area contributed by atoms with Gasteiger partial charge in [0.25, 0.3) is 0 Å². The zero-order chi connectivity index (χ0) is 56.1. The summed E-state index contributed by atoms with van der Waals surface area (Å²) in [6, 6.07) is -1.02. The Labute approximate surface area is 473 Å². The molecule has 0 aromatic heterocycles. The van der Waals surface area contributed by atoms with E-state index in [1.165, 1.54) is 218 Å². The van der Waals surface area contributed by atoms with Gasteiger partial charge in [0.2, 0.25) is 5.91 Å². The lowest BCUT2D eigenvalue weighted by Crippen LogP contribution is -2.61. The Kier molecular flexibility index (Phi) is 52.0. The second kappa shape index (κ2) is 54.7. The average Bonchev–Trinajstić information content (AvgIpc) is 3.43. The van der Waals surface area contributed by atoms with Crippen LogP contribution >= 0.6 is 0 Å². The Morgan fingerprint density at radius 3 is 1.26 bits per heavy atom. The van der Waals surface area contributed by atoms with Crippen molar-refractivity contribution in [1.29, 1.82) is 0 Å². The van der Waals surface area contributed by atoms with Crippen molar-refractivity contribution in [3.05, 3.63) is 24.3 Å². The van der Waals surface area contributed by atoms with Gasteiger partial charge >= 0.3 is 5.97 Å². The van der Waals surface area contributed by atoms with Crippen molar-refractivity contribution < 1.29 is 49.3 Å². The first-order chi connectivity index (χ1) is 37.7. The molecule has 0 aromatic rings. The van der Waals surface area contributed by atoms with Gasteiger partial charge in [0, 0.05) is 6.42 Å². The van der Waals surface area contributed by atoms with Crippen LogP contribution in [-0.2, 0) is 23.8 Å². The summed E-state index contributed by atoms with van der Waals surface area (Å²) < 4.78 is 17.6. The molecule has 1 saturated heterocycles. The number of nitrogens with one attached hydrogen (secondary N) is 1. The SMILES string of the molecule is CCCCCCCC/C=C/CCCCCCCCCCCCC(O)C(=O)NC(COC1OC(CO)C(O)C(O)C1OC(=O)CCCCCCCCCCCCCCCCCCC)C(O)/C=C/CCCCCCCCCCC. The molecule has 6 N–H and O–H groups in total. The number of unbranched alkanes of at least 4 members (excludes halogenated alkanes) is 41. The highest BCUT2D eigenvalue weighted by atomic mass is 16.7. The lowest BCUT2D eigenvalue weighted by atomic mass is 9.99. The summed E-state index contributed by atoms with van der Waals surface area (Å²) in [4.78, 5) is 26.6. The number of hydrogen-bond donors (Lipinski definition) is 6. The molecule has 1 heterocycles. The van der Waals surface area contributed by atoms with E-state index >= 15 is 0 Å². The molecule has 0 saturated carbocycles. The molecule has 1 aliphatic rings. The molecule has 0 spiro atoms. The monoisotopic (exact) mass is 1090 g/mol. The number of hydrogen-bond acceptors (Lipinski definition) is 10. The van der Waals surface area contributed by atoms with Gasteiger partial charge in [-0.3, -0.25) is 9.59 Å². The Morgan fingerprint density at radius 1 is 0.494 bits per heavy atom. The van der Waals surface area contributed by atoms with Crippen LogP contribution < -0.4 is 5.32 Å². The minimum atomic E-state index is -1.61. The van der Waals surface area contributed by atoms with Gasteiger partial charge in [0.15, 0.2) is 12.4 Å². The number of aliphatic hydroxyl groups excluding tert-OH is 5. The van der Waals surface area contributed by atoms with Crippen molar-refractivity contribution in [2.45, 2.75) is 372 Å². The first-order valence-electron chi connectivity index (χ1n) is 33.1. The third-order valence-electron chi connectivity index (χ3n) is 15.9. The zero-order valence-corrected chi connectivity index (χ0v) is 50.4. The minimum absolute atomic E-state index is 0.130. The van der Waals surface area contributed by atoms with E-state index in [0.717, 1.165) is 57.8 Å². The van der Waals surface area contributed by atoms with Gasteiger partial charge in [0.1, 0.15) is 24.4 Å². The van der Waals surface area contributed by atoms with Crippen LogP contribution in [0.3, 0.4) is 0 Å². The maximum Gasteiger partial charge on any atom is 0.306 e. The first-order valence-corrected chi connectivity index (χ1v) is 33.1. The zero-order valence-electron chi connectivity index (χ0n) is 50.4. The van der Waals surface area contributed by atoms with E-state index in [-0.39, 0.29) is 13.0 Å². The topological polar surface area (TPSA) is 175 Å². The van der Waals surface area contributed by atoms with Gasteiger partial charge in [-0.25, -0.2) is 0 Å².